The van der Waals surface area contributed by atoms with E-state index in [1.54, 1.807) is 7.11 Å². The lowest BCUT2D eigenvalue weighted by Crippen LogP contribution is -2.36. The van der Waals surface area contributed by atoms with Gasteiger partial charge in [-0.25, -0.2) is 0 Å². The van der Waals surface area contributed by atoms with Crippen LogP contribution >= 0.6 is 0 Å². The van der Waals surface area contributed by atoms with Crippen molar-refractivity contribution in [1.82, 2.24) is 0 Å². The lowest BCUT2D eigenvalue weighted by Gasteiger charge is -2.15. The number of carbonyl (C=O) groups excluding carboxylic acids is 1. The molecule has 0 fully saturated rings. The maximum absolute atomic E-state index is 11.9. The number of rotatable bonds is 7. The van der Waals surface area contributed by atoms with Gasteiger partial charge in [-0.05, 0) is 51.0 Å². The number of nitrogens with two attached hydrogens (primary N) is 1. The Morgan fingerprint density at radius 1 is 1.40 bits per heavy atom. The van der Waals surface area contributed by atoms with E-state index in [0.717, 1.165) is 17.0 Å². The first kappa shape index (κ1) is 16.5. The fraction of sp³-hybridized carbons (Fsp3) is 0.533. The Morgan fingerprint density at radius 3 is 2.65 bits per heavy atom. The Kier molecular flexibility index (Phi) is 6.48. The summed E-state index contributed by atoms with van der Waals surface area (Å²) in [7, 11) is 1.59. The predicted octanol–water partition coefficient (Wildman–Crippen LogP) is 2.08. The largest absolute Gasteiger partial charge is 0.491 e. The Hall–Kier alpha value is -1.59. The summed E-state index contributed by atoms with van der Waals surface area (Å²) in [6.07, 6.45) is 0.618. The normalized spacial score (nSPS) is 12.3. The molecule has 0 aliphatic rings. The molecule has 0 radical (unpaired) electrons. The zero-order valence-electron chi connectivity index (χ0n) is 12.6. The van der Waals surface area contributed by atoms with Crippen LogP contribution in [0, 0.1) is 6.92 Å². The molecule has 1 unspecified atom stereocenters. The Bertz CT molecular complexity index is 447. The van der Waals surface area contributed by atoms with Crippen LogP contribution in [0.25, 0.3) is 0 Å². The summed E-state index contributed by atoms with van der Waals surface area (Å²) in [4.78, 5) is 11.9. The molecule has 0 aliphatic heterocycles. The number of nitrogens with one attached hydrogen (secondary N) is 1. The molecule has 0 spiro atoms. The molecular weight excluding hydrogens is 256 g/mol. The van der Waals surface area contributed by atoms with Gasteiger partial charge in [-0.15, -0.1) is 0 Å². The minimum absolute atomic E-state index is 0.123. The van der Waals surface area contributed by atoms with E-state index in [1.807, 2.05) is 39.0 Å². The molecule has 112 valence electrons. The highest BCUT2D eigenvalue weighted by Gasteiger charge is 2.14. The minimum Gasteiger partial charge on any atom is -0.491 e. The maximum atomic E-state index is 11.9. The molecule has 0 aromatic heterocycles. The summed E-state index contributed by atoms with van der Waals surface area (Å²) in [5, 5.41) is 2.82. The summed E-state index contributed by atoms with van der Waals surface area (Å²) in [5.74, 6) is 0.585. The fourth-order valence-corrected chi connectivity index (χ4v) is 1.72. The molecule has 0 heterocycles. The number of benzene rings is 1. The molecule has 0 saturated carbocycles. The van der Waals surface area contributed by atoms with Gasteiger partial charge in [0, 0.05) is 19.4 Å². The van der Waals surface area contributed by atoms with Crippen molar-refractivity contribution < 1.29 is 14.3 Å². The van der Waals surface area contributed by atoms with Crippen LogP contribution in [-0.2, 0) is 9.53 Å². The van der Waals surface area contributed by atoms with Crippen molar-refractivity contribution in [2.75, 3.05) is 19.0 Å². The van der Waals surface area contributed by atoms with Gasteiger partial charge in [0.1, 0.15) is 5.75 Å². The average Bonchev–Trinajstić information content (AvgIpc) is 2.38. The molecule has 0 bridgehead atoms. The zero-order valence-corrected chi connectivity index (χ0v) is 12.6. The van der Waals surface area contributed by atoms with Crippen LogP contribution in [0.4, 0.5) is 5.69 Å². The van der Waals surface area contributed by atoms with Crippen molar-refractivity contribution in [3.05, 3.63) is 23.8 Å². The van der Waals surface area contributed by atoms with Crippen LogP contribution in [0.2, 0.25) is 0 Å². The number of ether oxygens (including phenoxy) is 2. The van der Waals surface area contributed by atoms with Crippen molar-refractivity contribution in [2.45, 2.75) is 39.3 Å². The Labute approximate surface area is 120 Å². The van der Waals surface area contributed by atoms with Crippen molar-refractivity contribution in [2.24, 2.45) is 5.73 Å². The van der Waals surface area contributed by atoms with E-state index in [-0.39, 0.29) is 12.0 Å². The lowest BCUT2D eigenvalue weighted by molar-refractivity contribution is -0.117. The third kappa shape index (κ3) is 5.19. The second-order valence-corrected chi connectivity index (χ2v) is 5.02. The molecule has 1 aromatic carbocycles. The van der Waals surface area contributed by atoms with Crippen molar-refractivity contribution >= 4 is 11.6 Å². The molecule has 5 heteroatoms. The molecule has 1 amide bonds. The summed E-state index contributed by atoms with van der Waals surface area (Å²) in [6.45, 7) is 6.33. The predicted molar refractivity (Wildman–Crippen MR) is 80.0 cm³/mol. The molecule has 20 heavy (non-hydrogen) atoms. The summed E-state index contributed by atoms with van der Waals surface area (Å²) in [5.41, 5.74) is 7.47. The van der Waals surface area contributed by atoms with Gasteiger partial charge < -0.3 is 20.5 Å². The zero-order chi connectivity index (χ0) is 15.1. The Balaban J connectivity index is 2.66. The van der Waals surface area contributed by atoms with Gasteiger partial charge in [-0.3, -0.25) is 4.79 Å². The summed E-state index contributed by atoms with van der Waals surface area (Å²) < 4.78 is 10.5. The first-order chi connectivity index (χ1) is 9.43. The molecule has 0 saturated heterocycles. The van der Waals surface area contributed by atoms with Gasteiger partial charge in [0.15, 0.2) is 0 Å². The number of aryl methyl sites for hydroxylation is 1. The molecule has 5 nitrogen and oxygen atoms in total. The number of hydrogen-bond acceptors (Lipinski definition) is 4. The van der Waals surface area contributed by atoms with Gasteiger partial charge in [-0.2, -0.15) is 0 Å². The third-order valence-electron chi connectivity index (χ3n) is 2.80. The highest BCUT2D eigenvalue weighted by atomic mass is 16.5. The van der Waals surface area contributed by atoms with E-state index in [0.29, 0.717) is 13.0 Å². The topological polar surface area (TPSA) is 73.6 Å². The van der Waals surface area contributed by atoms with Crippen molar-refractivity contribution in [3.8, 4) is 5.75 Å². The van der Waals surface area contributed by atoms with Crippen LogP contribution in [0.3, 0.4) is 0 Å². The lowest BCUT2D eigenvalue weighted by atomic mass is 10.1. The molecular formula is C15H24N2O3. The minimum atomic E-state index is -0.569. The van der Waals surface area contributed by atoms with Crippen molar-refractivity contribution in [3.63, 3.8) is 0 Å². The van der Waals surface area contributed by atoms with E-state index in [2.05, 4.69) is 5.32 Å². The second-order valence-electron chi connectivity index (χ2n) is 5.02. The van der Waals surface area contributed by atoms with E-state index < -0.39 is 6.04 Å². The smallest absolute Gasteiger partial charge is 0.241 e. The molecule has 1 aromatic rings. The van der Waals surface area contributed by atoms with Crippen molar-refractivity contribution in [1.29, 1.82) is 0 Å². The quantitative estimate of drug-likeness (QED) is 0.802. The van der Waals surface area contributed by atoms with E-state index >= 15 is 0 Å². The van der Waals surface area contributed by atoms with Gasteiger partial charge in [0.25, 0.3) is 0 Å². The maximum Gasteiger partial charge on any atom is 0.241 e. The number of hydrogen-bond donors (Lipinski definition) is 2. The average molecular weight is 280 g/mol. The first-order valence-corrected chi connectivity index (χ1v) is 6.76. The third-order valence-corrected chi connectivity index (χ3v) is 2.80. The summed E-state index contributed by atoms with van der Waals surface area (Å²) in [6, 6.07) is 4.99. The van der Waals surface area contributed by atoms with Gasteiger partial charge in [-0.1, -0.05) is 0 Å². The van der Waals surface area contributed by atoms with Crippen LogP contribution in [0.1, 0.15) is 25.8 Å². The van der Waals surface area contributed by atoms with E-state index in [9.17, 15) is 4.79 Å². The van der Waals surface area contributed by atoms with Gasteiger partial charge >= 0.3 is 0 Å². The van der Waals surface area contributed by atoms with Crippen LogP contribution in [-0.4, -0.2) is 31.8 Å². The van der Waals surface area contributed by atoms with E-state index in [1.165, 1.54) is 0 Å². The number of carbonyl (C=O) groups is 1. The monoisotopic (exact) mass is 280 g/mol. The molecule has 1 rings (SSSR count). The highest BCUT2D eigenvalue weighted by Crippen LogP contribution is 2.22. The Morgan fingerprint density at radius 2 is 2.10 bits per heavy atom. The van der Waals surface area contributed by atoms with Gasteiger partial charge in [0.2, 0.25) is 5.91 Å². The molecule has 1 atom stereocenters. The number of anilines is 1. The fourth-order valence-electron chi connectivity index (χ4n) is 1.72. The summed E-state index contributed by atoms with van der Waals surface area (Å²) >= 11 is 0. The first-order valence-electron chi connectivity index (χ1n) is 6.76. The SMILES string of the molecule is COCCC(N)C(=O)Nc1ccc(OC(C)C)cc1C. The molecule has 0 aliphatic carbocycles. The molecule has 3 N–H and O–H groups in total. The second kappa shape index (κ2) is 7.87. The number of methoxy groups -OCH3 is 1. The van der Waals surface area contributed by atoms with Gasteiger partial charge in [0.05, 0.1) is 12.1 Å². The van der Waals surface area contributed by atoms with Crippen LogP contribution in [0.15, 0.2) is 18.2 Å². The van der Waals surface area contributed by atoms with Crippen LogP contribution < -0.4 is 15.8 Å². The number of amides is 1. The highest BCUT2D eigenvalue weighted by molar-refractivity contribution is 5.95. The van der Waals surface area contributed by atoms with Crippen LogP contribution in [0.5, 0.6) is 5.75 Å². The van der Waals surface area contributed by atoms with E-state index in [4.69, 9.17) is 15.2 Å². The standard InChI is InChI=1S/C15H24N2O3/c1-10(2)20-12-5-6-14(11(3)9-12)17-15(18)13(16)7-8-19-4/h5-6,9-10,13H,7-8,16H2,1-4H3,(H,17,18).